The summed E-state index contributed by atoms with van der Waals surface area (Å²) in [5, 5.41) is 7.33. The molecule has 0 bridgehead atoms. The number of likely N-dealkylation sites (N-methyl/N-ethyl adjacent to an activating group) is 1. The highest BCUT2D eigenvalue weighted by Crippen LogP contribution is 2.32. The van der Waals surface area contributed by atoms with E-state index < -0.39 is 0 Å². The normalized spacial score (nSPS) is 10.8. The van der Waals surface area contributed by atoms with Crippen molar-refractivity contribution in [3.8, 4) is 9.88 Å². The average molecular weight is 416 g/mol. The van der Waals surface area contributed by atoms with Crippen LogP contribution in [0.25, 0.3) is 9.88 Å². The first-order valence-corrected chi connectivity index (χ1v) is 9.74. The summed E-state index contributed by atoms with van der Waals surface area (Å²) in [5.74, 6) is -0.377. The van der Waals surface area contributed by atoms with Gasteiger partial charge in [-0.05, 0) is 42.8 Å². The lowest BCUT2D eigenvalue weighted by Crippen LogP contribution is -2.42. The summed E-state index contributed by atoms with van der Waals surface area (Å²) in [6, 6.07) is 2.03. The molecule has 0 aliphatic heterocycles. The molecule has 0 fully saturated rings. The summed E-state index contributed by atoms with van der Waals surface area (Å²) < 4.78 is 1.00. The van der Waals surface area contributed by atoms with Crippen LogP contribution in [0.2, 0.25) is 0 Å². The Morgan fingerprint density at radius 1 is 1.35 bits per heavy atom. The Bertz CT molecular complexity index is 696. The molecule has 0 aliphatic carbocycles. The monoisotopic (exact) mass is 415 g/mol. The largest absolute Gasteiger partial charge is 0.352 e. The second kappa shape index (κ2) is 8.03. The molecule has 0 unspecified atom stereocenters. The van der Waals surface area contributed by atoms with Crippen molar-refractivity contribution in [2.24, 2.45) is 0 Å². The number of halogens is 1. The van der Waals surface area contributed by atoms with Gasteiger partial charge in [0.25, 0.3) is 5.91 Å². The van der Waals surface area contributed by atoms with Crippen molar-refractivity contribution in [1.82, 2.24) is 15.2 Å². The van der Waals surface area contributed by atoms with E-state index in [1.165, 1.54) is 16.2 Å². The number of aromatic nitrogens is 1. The Morgan fingerprint density at radius 3 is 2.65 bits per heavy atom. The fourth-order valence-corrected chi connectivity index (χ4v) is 4.24. The third-order valence-electron chi connectivity index (χ3n) is 2.95. The van der Waals surface area contributed by atoms with Crippen LogP contribution in [0.3, 0.4) is 0 Å². The first-order chi connectivity index (χ1) is 10.9. The number of nitrogens with zero attached hydrogens (tertiary/aromatic N) is 2. The molecule has 5 nitrogen and oxygen atoms in total. The third-order valence-corrected chi connectivity index (χ3v) is 5.66. The number of carbonyl (C=O) groups excluding carboxylic acids is 2. The maximum atomic E-state index is 12.5. The van der Waals surface area contributed by atoms with Gasteiger partial charge in [-0.1, -0.05) is 0 Å². The maximum Gasteiger partial charge on any atom is 0.273 e. The zero-order valence-corrected chi connectivity index (χ0v) is 16.3. The van der Waals surface area contributed by atoms with Crippen molar-refractivity contribution in [3.05, 3.63) is 27.0 Å². The Balaban J connectivity index is 2.09. The number of thiazole rings is 1. The van der Waals surface area contributed by atoms with E-state index in [-0.39, 0.29) is 24.4 Å². The van der Waals surface area contributed by atoms with Gasteiger partial charge >= 0.3 is 0 Å². The molecular weight excluding hydrogens is 398 g/mol. The van der Waals surface area contributed by atoms with Crippen LogP contribution in [-0.2, 0) is 4.79 Å². The first-order valence-electron chi connectivity index (χ1n) is 7.19. The molecule has 124 valence electrons. The number of hydrogen-bond donors (Lipinski definition) is 1. The van der Waals surface area contributed by atoms with Crippen molar-refractivity contribution >= 4 is 50.4 Å². The second-order valence-electron chi connectivity index (χ2n) is 5.21. The van der Waals surface area contributed by atoms with Crippen LogP contribution >= 0.6 is 38.6 Å². The molecule has 2 rings (SSSR count). The number of amides is 2. The van der Waals surface area contributed by atoms with E-state index in [2.05, 4.69) is 26.2 Å². The van der Waals surface area contributed by atoms with Crippen LogP contribution in [0.15, 0.2) is 21.3 Å². The lowest BCUT2D eigenvalue weighted by Gasteiger charge is -2.20. The number of hydrogen-bond acceptors (Lipinski definition) is 5. The zero-order chi connectivity index (χ0) is 17.0. The predicted octanol–water partition coefficient (Wildman–Crippen LogP) is 3.62. The molecule has 0 spiro atoms. The molecule has 2 heterocycles. The Morgan fingerprint density at radius 2 is 2.09 bits per heavy atom. The molecule has 0 saturated carbocycles. The van der Waals surface area contributed by atoms with Crippen molar-refractivity contribution in [1.29, 1.82) is 0 Å². The van der Waals surface area contributed by atoms with Crippen molar-refractivity contribution in [2.45, 2.75) is 26.8 Å². The number of thiophene rings is 1. The molecule has 0 aliphatic rings. The molecule has 0 radical (unpaired) electrons. The van der Waals surface area contributed by atoms with Crippen LogP contribution in [0.1, 0.15) is 31.3 Å². The molecule has 1 N–H and O–H groups in total. The second-order valence-corrected chi connectivity index (χ2v) is 7.89. The van der Waals surface area contributed by atoms with Gasteiger partial charge < -0.3 is 10.2 Å². The molecular formula is C15H18BrN3O2S2. The van der Waals surface area contributed by atoms with E-state index in [0.717, 1.165) is 14.4 Å². The molecule has 0 aromatic carbocycles. The summed E-state index contributed by atoms with van der Waals surface area (Å²) in [6.45, 7) is 6.14. The minimum Gasteiger partial charge on any atom is -0.352 e. The number of carbonyl (C=O) groups is 2. The summed E-state index contributed by atoms with van der Waals surface area (Å²) in [5.41, 5.74) is 0.383. The minimum atomic E-state index is -0.218. The predicted molar refractivity (Wildman–Crippen MR) is 98.0 cm³/mol. The molecule has 23 heavy (non-hydrogen) atoms. The molecule has 2 amide bonds. The lowest BCUT2D eigenvalue weighted by atomic mass is 10.3. The SMILES string of the molecule is CCN(CC(=O)NC(C)C)C(=O)c1csc(-c2cc(Br)cs2)n1. The van der Waals surface area contributed by atoms with Gasteiger partial charge in [0.05, 0.1) is 11.4 Å². The fourth-order valence-electron chi connectivity index (χ4n) is 1.94. The topological polar surface area (TPSA) is 62.3 Å². The Labute approximate surface area is 151 Å². The summed E-state index contributed by atoms with van der Waals surface area (Å²) in [4.78, 5) is 31.3. The smallest absolute Gasteiger partial charge is 0.273 e. The van der Waals surface area contributed by atoms with Crippen LogP contribution < -0.4 is 5.32 Å². The van der Waals surface area contributed by atoms with Crippen LogP contribution in [0.5, 0.6) is 0 Å². The van der Waals surface area contributed by atoms with E-state index in [9.17, 15) is 9.59 Å². The lowest BCUT2D eigenvalue weighted by molar-refractivity contribution is -0.122. The van der Waals surface area contributed by atoms with Crippen LogP contribution in [0.4, 0.5) is 0 Å². The molecule has 8 heteroatoms. The van der Waals surface area contributed by atoms with Gasteiger partial charge in [-0.25, -0.2) is 4.98 Å². The summed E-state index contributed by atoms with van der Waals surface area (Å²) in [7, 11) is 0. The fraction of sp³-hybridized carbons (Fsp3) is 0.400. The Kier molecular flexibility index (Phi) is 6.32. The molecule has 0 atom stereocenters. The highest BCUT2D eigenvalue weighted by molar-refractivity contribution is 9.10. The van der Waals surface area contributed by atoms with Crippen molar-refractivity contribution < 1.29 is 9.59 Å². The van der Waals surface area contributed by atoms with Gasteiger partial charge in [0, 0.05) is 27.8 Å². The Hall–Kier alpha value is -1.25. The summed E-state index contributed by atoms with van der Waals surface area (Å²) in [6.07, 6.45) is 0. The van der Waals surface area contributed by atoms with Crippen molar-refractivity contribution in [2.75, 3.05) is 13.1 Å². The highest BCUT2D eigenvalue weighted by atomic mass is 79.9. The first kappa shape index (κ1) is 18.1. The van der Waals surface area contributed by atoms with E-state index in [4.69, 9.17) is 0 Å². The van der Waals surface area contributed by atoms with Crippen LogP contribution in [0, 0.1) is 0 Å². The van der Waals surface area contributed by atoms with Crippen molar-refractivity contribution in [3.63, 3.8) is 0 Å². The van der Waals surface area contributed by atoms with Crippen LogP contribution in [-0.4, -0.2) is 40.8 Å². The van der Waals surface area contributed by atoms with Gasteiger partial charge in [0.2, 0.25) is 5.91 Å². The highest BCUT2D eigenvalue weighted by Gasteiger charge is 2.20. The standard InChI is InChI=1S/C15H18BrN3O2S2/c1-4-19(6-13(20)17-9(2)3)15(21)11-8-23-14(18-11)12-5-10(16)7-22-12/h5,7-9H,4,6H2,1-3H3,(H,17,20). The van der Waals surface area contributed by atoms with E-state index >= 15 is 0 Å². The average Bonchev–Trinajstić information content (AvgIpc) is 3.11. The van der Waals surface area contributed by atoms with Gasteiger partial charge in [0.1, 0.15) is 10.7 Å². The van der Waals surface area contributed by atoms with E-state index in [1.807, 2.05) is 32.2 Å². The third kappa shape index (κ3) is 4.86. The van der Waals surface area contributed by atoms with Gasteiger partial charge in [0.15, 0.2) is 0 Å². The van der Waals surface area contributed by atoms with E-state index in [0.29, 0.717) is 12.2 Å². The molecule has 0 saturated heterocycles. The zero-order valence-electron chi connectivity index (χ0n) is 13.1. The number of nitrogens with one attached hydrogen (secondary N) is 1. The quantitative estimate of drug-likeness (QED) is 0.783. The molecule has 2 aromatic rings. The maximum absolute atomic E-state index is 12.5. The molecule has 2 aromatic heterocycles. The summed E-state index contributed by atoms with van der Waals surface area (Å²) >= 11 is 6.42. The number of rotatable bonds is 6. The van der Waals surface area contributed by atoms with Gasteiger partial charge in [-0.2, -0.15) is 0 Å². The van der Waals surface area contributed by atoms with Gasteiger partial charge in [-0.15, -0.1) is 22.7 Å². The minimum absolute atomic E-state index is 0.0466. The van der Waals surface area contributed by atoms with Gasteiger partial charge in [-0.3, -0.25) is 9.59 Å². The van der Waals surface area contributed by atoms with E-state index in [1.54, 1.807) is 16.7 Å².